The fraction of sp³-hybridized carbons (Fsp3) is 0.300. The largest absolute Gasteiger partial charge is 0.416 e. The van der Waals surface area contributed by atoms with Crippen molar-refractivity contribution in [2.45, 2.75) is 48.7 Å². The van der Waals surface area contributed by atoms with Crippen molar-refractivity contribution in [3.05, 3.63) is 135 Å². The highest BCUT2D eigenvalue weighted by Gasteiger charge is 2.31. The van der Waals surface area contributed by atoms with Gasteiger partial charge in [-0.2, -0.15) is 13.2 Å². The molecule has 12 heteroatoms. The van der Waals surface area contributed by atoms with E-state index < -0.39 is 189 Å². The van der Waals surface area contributed by atoms with Gasteiger partial charge in [0.2, 0.25) is 5.91 Å². The van der Waals surface area contributed by atoms with Gasteiger partial charge >= 0.3 is 6.18 Å². The van der Waals surface area contributed by atoms with Gasteiger partial charge < -0.3 is 19.1 Å². The Kier molecular flexibility index (Phi) is 5.13. The summed E-state index contributed by atoms with van der Waals surface area (Å²) in [6.45, 7) is -28.4. The summed E-state index contributed by atoms with van der Waals surface area (Å²) in [4.78, 5) is 27.6. The van der Waals surface area contributed by atoms with Crippen LogP contribution >= 0.6 is 11.8 Å². The van der Waals surface area contributed by atoms with Crippen LogP contribution in [0.15, 0.2) is 107 Å². The number of rotatable bonds is 12. The number of likely N-dealkylation sites (tertiary alicyclic amines) is 1. The second-order valence-corrected chi connectivity index (χ2v) is 10.9. The minimum absolute atomic E-state index is 0.0387. The zero-order valence-electron chi connectivity index (χ0n) is 52.7. The number of piperidine rings is 1. The number of benzene rings is 4. The number of thioether (sulfide) groups is 1. The molecule has 0 bridgehead atoms. The Balaban J connectivity index is 1.77. The zero-order valence-corrected chi connectivity index (χ0v) is 26.5. The molecule has 1 saturated heterocycles. The van der Waals surface area contributed by atoms with Gasteiger partial charge in [-0.1, -0.05) is 60.6 Å². The van der Waals surface area contributed by atoms with Crippen LogP contribution in [0.4, 0.5) is 22.0 Å². The molecular weight excluding hydrogens is 698 g/mol. The summed E-state index contributed by atoms with van der Waals surface area (Å²) >= 11 is -0.635. The standard InChI is InChI=1S/C40H38F5N3O3S/c1-51-22-21-46-19-17-32(18-20-46)47(24-27-9-11-28(12-10-27)29-13-15-31(16-14-29)40(43,44)45)37(50)25-48-35-8-3-2-6-33(35)36(49)23-38(48)52-26-30-5-4-7-34(41)39(30)42/h2-16,23,32H,17-22,24-26H2,1H3/i1D3,2D,3D,6D,8D,17D2,18D2,19D2,20D2,21D2,22D2,23D,24D2,25D2,26D2,32D. The van der Waals surface area contributed by atoms with E-state index in [0.29, 0.717) is 36.4 Å². The highest BCUT2D eigenvalue weighted by atomic mass is 32.2. The third-order valence-corrected chi connectivity index (χ3v) is 7.64. The number of carbonyl (C=O) groups excluding carboxylic acids is 1. The van der Waals surface area contributed by atoms with Crippen LogP contribution in [0.1, 0.15) is 66.4 Å². The molecule has 52 heavy (non-hydrogen) atoms. The number of carbonyl (C=O) groups is 1. The normalized spacial score (nSPS) is 27.9. The van der Waals surface area contributed by atoms with E-state index in [-0.39, 0.29) is 11.1 Å². The number of fused-ring (bicyclic) bond motifs is 1. The fourth-order valence-corrected chi connectivity index (χ4v) is 5.14. The van der Waals surface area contributed by atoms with Crippen molar-refractivity contribution in [1.82, 2.24) is 14.4 Å². The number of ether oxygens (including phenoxy) is 1. The second kappa shape index (κ2) is 16.4. The number of nitrogens with zero attached hydrogens (tertiary/aromatic N) is 3. The molecule has 0 saturated carbocycles. The average molecular weight is 763 g/mol. The predicted octanol–water partition coefficient (Wildman–Crippen LogP) is 8.40. The molecule has 1 aliphatic heterocycles. The first-order chi connectivity index (χ1) is 35.4. The van der Waals surface area contributed by atoms with Gasteiger partial charge in [-0.15, -0.1) is 11.8 Å². The van der Waals surface area contributed by atoms with E-state index in [1.807, 2.05) is 0 Å². The first-order valence-corrected chi connectivity index (χ1v) is 15.1. The number of para-hydroxylation sites is 1. The molecule has 6 rings (SSSR count). The van der Waals surface area contributed by atoms with E-state index in [2.05, 4.69) is 4.74 Å². The maximum absolute atomic E-state index is 15.9. The molecule has 0 aliphatic carbocycles. The smallest absolute Gasteiger partial charge is 0.383 e. The minimum Gasteiger partial charge on any atom is -0.383 e. The molecule has 1 amide bonds. The van der Waals surface area contributed by atoms with E-state index in [1.165, 1.54) is 0 Å². The topological polar surface area (TPSA) is 54.8 Å². The summed E-state index contributed by atoms with van der Waals surface area (Å²) in [5.74, 6) is -6.64. The Bertz CT molecular complexity index is 3290. The van der Waals surface area contributed by atoms with Gasteiger partial charge in [-0.3, -0.25) is 9.59 Å². The van der Waals surface area contributed by atoms with Crippen molar-refractivity contribution in [2.75, 3.05) is 33.1 Å². The lowest BCUT2D eigenvalue weighted by atomic mass is 10.00. The summed E-state index contributed by atoms with van der Waals surface area (Å²) in [6.07, 6.45) is -15.0. The third kappa shape index (κ3) is 8.74. The minimum atomic E-state index is -5.21. The van der Waals surface area contributed by atoms with Crippen molar-refractivity contribution in [2.24, 2.45) is 0 Å². The molecule has 2 heterocycles. The zero-order chi connectivity index (χ0) is 60.7. The quantitative estimate of drug-likeness (QED) is 0.0945. The highest BCUT2D eigenvalue weighted by molar-refractivity contribution is 7.98. The van der Waals surface area contributed by atoms with E-state index in [1.54, 1.807) is 0 Å². The fourth-order valence-electron chi connectivity index (χ4n) is 4.40. The molecule has 0 atom stereocenters. The molecule has 0 spiro atoms. The van der Waals surface area contributed by atoms with Gasteiger partial charge in [0.05, 0.1) is 43.2 Å². The molecule has 272 valence electrons. The maximum Gasteiger partial charge on any atom is 0.416 e. The van der Waals surface area contributed by atoms with Gasteiger partial charge in [0, 0.05) is 78.2 Å². The van der Waals surface area contributed by atoms with Crippen LogP contribution in [0, 0.1) is 11.6 Å². The molecule has 6 nitrogen and oxygen atoms in total. The van der Waals surface area contributed by atoms with Gasteiger partial charge in [-0.25, -0.2) is 8.78 Å². The predicted molar refractivity (Wildman–Crippen MR) is 193 cm³/mol. The van der Waals surface area contributed by atoms with Gasteiger partial charge in [0.15, 0.2) is 17.1 Å². The number of hydrogen-bond donors (Lipinski definition) is 0. The van der Waals surface area contributed by atoms with Crippen LogP contribution in [0.3, 0.4) is 0 Å². The number of halogens is 5. The Labute approximate surface area is 340 Å². The third-order valence-electron chi connectivity index (χ3n) is 6.84. The molecule has 0 N–H and O–H groups in total. The number of methoxy groups -OCH3 is 1. The SMILES string of the molecule is [2H]c1c([2H])c([2H])c2c(c1[2H])c(=O)c([2H])c(SC([2H])([2H])c1cccc(F)c1F)n2C([2H])([2H])C(=O)N(C([2H])([2H])c1ccc(-c2ccc(C(F)(F)F)cc2)cc1)C1([2H])C([2H])([2H])C([2H])([2H])N(C([2H])([2H])C([2H])([2H])OC([2H])([2H])[2H])C([2H])([2H])C1([2H])[2H]. The van der Waals surface area contributed by atoms with Crippen molar-refractivity contribution in [3.63, 3.8) is 0 Å². The summed E-state index contributed by atoms with van der Waals surface area (Å²) in [5.41, 5.74) is -10.6. The monoisotopic (exact) mass is 762 g/mol. The van der Waals surface area contributed by atoms with Crippen molar-refractivity contribution >= 4 is 28.6 Å². The molecule has 1 aliphatic rings. The summed E-state index contributed by atoms with van der Waals surface area (Å²) in [7, 11) is -3.98. The Hall–Kier alpha value is -4.52. The van der Waals surface area contributed by atoms with E-state index in [4.69, 9.17) is 24.7 Å². The summed E-state index contributed by atoms with van der Waals surface area (Å²) in [5, 5.41) is -3.04. The number of aromatic nitrogens is 1. The molecule has 1 fully saturated rings. The van der Waals surface area contributed by atoms with E-state index in [0.717, 1.165) is 30.3 Å². The van der Waals surface area contributed by atoms with E-state index >= 15 is 9.18 Å². The number of hydrogen-bond acceptors (Lipinski definition) is 5. The van der Waals surface area contributed by atoms with E-state index in [9.17, 15) is 34.7 Å². The molecule has 0 radical (unpaired) electrons. The lowest BCUT2D eigenvalue weighted by Crippen LogP contribution is -2.48. The summed E-state index contributed by atoms with van der Waals surface area (Å²) in [6, 6.07) is -4.53. The Morgan fingerprint density at radius 2 is 1.75 bits per heavy atom. The molecule has 5 aromatic rings. The van der Waals surface area contributed by atoms with Crippen LogP contribution in [-0.4, -0.2) is 59.4 Å². The van der Waals surface area contributed by atoms with Gasteiger partial charge in [0.25, 0.3) is 0 Å². The van der Waals surface area contributed by atoms with Crippen molar-refractivity contribution < 1.29 is 68.5 Å². The number of alkyl halides is 3. The average Bonchev–Trinajstić information content (AvgIpc) is 3.41. The Morgan fingerprint density at radius 1 is 1.06 bits per heavy atom. The molecular formula is C40H38F5N3O3S. The first kappa shape index (κ1) is 16.2. The van der Waals surface area contributed by atoms with Crippen molar-refractivity contribution in [1.29, 1.82) is 0 Å². The van der Waals surface area contributed by atoms with Crippen LogP contribution in [0.5, 0.6) is 0 Å². The Morgan fingerprint density at radius 3 is 2.44 bits per heavy atom. The van der Waals surface area contributed by atoms with Crippen LogP contribution in [-0.2, 0) is 34.4 Å². The highest BCUT2D eigenvalue weighted by Crippen LogP contribution is 2.32. The van der Waals surface area contributed by atoms with Crippen molar-refractivity contribution in [3.8, 4) is 11.1 Å². The van der Waals surface area contributed by atoms with Gasteiger partial charge in [-0.05, 0) is 59.7 Å². The first-order valence-electron chi connectivity index (χ1n) is 27.8. The molecule has 1 aromatic heterocycles. The molecule has 4 aromatic carbocycles. The second-order valence-electron chi connectivity index (χ2n) is 10.1. The van der Waals surface area contributed by atoms with Crippen LogP contribution in [0.25, 0.3) is 22.0 Å². The van der Waals surface area contributed by atoms with Gasteiger partial charge in [0.1, 0.15) is 6.50 Å². The molecule has 0 unspecified atom stereocenters. The number of pyridine rings is 1. The van der Waals surface area contributed by atoms with Crippen LogP contribution in [0.2, 0.25) is 0 Å². The lowest BCUT2D eigenvalue weighted by Gasteiger charge is -2.39. The van der Waals surface area contributed by atoms with Crippen LogP contribution < -0.4 is 5.43 Å². The number of amides is 1. The maximum atomic E-state index is 15.9. The summed E-state index contributed by atoms with van der Waals surface area (Å²) < 4.78 is 311. The lowest BCUT2D eigenvalue weighted by molar-refractivity contribution is -0.137.